The molecule has 1 N–H and O–H groups in total. The molecule has 1 saturated heterocycles. The van der Waals surface area contributed by atoms with Crippen LogP contribution in [0.3, 0.4) is 0 Å². The van der Waals surface area contributed by atoms with E-state index in [0.29, 0.717) is 0 Å². The second kappa shape index (κ2) is 8.56. The average molecular weight is 372 g/mol. The van der Waals surface area contributed by atoms with Gasteiger partial charge in [0.25, 0.3) is 0 Å². The summed E-state index contributed by atoms with van der Waals surface area (Å²) >= 11 is 0. The minimum absolute atomic E-state index is 0. The van der Waals surface area contributed by atoms with Crippen molar-refractivity contribution >= 4 is 10.9 Å². The van der Waals surface area contributed by atoms with Crippen molar-refractivity contribution < 1.29 is 22.0 Å². The zero-order chi connectivity index (χ0) is 17.1. The zero-order valence-electron chi connectivity index (χ0n) is 15.2. The molecular weight excluding hydrogens is 346 g/mol. The van der Waals surface area contributed by atoms with E-state index in [1.54, 1.807) is 4.90 Å². The quantitative estimate of drug-likeness (QED) is 0.635. The van der Waals surface area contributed by atoms with E-state index in [0.717, 1.165) is 42.4 Å². The Morgan fingerprint density at radius 3 is 2.65 bits per heavy atom. The molecule has 3 aromatic rings. The molecule has 1 aromatic heterocycles. The molecule has 4 rings (SSSR count). The van der Waals surface area contributed by atoms with Crippen LogP contribution in [0.5, 0.6) is 5.88 Å². The van der Waals surface area contributed by atoms with Crippen LogP contribution in [-0.2, 0) is 6.54 Å². The third-order valence-corrected chi connectivity index (χ3v) is 5.32. The van der Waals surface area contributed by atoms with Gasteiger partial charge in [-0.2, -0.15) is 0 Å². The van der Waals surface area contributed by atoms with Crippen LogP contribution in [-0.4, -0.2) is 36.0 Å². The van der Waals surface area contributed by atoms with Crippen LogP contribution in [0.2, 0.25) is 0 Å². The first kappa shape index (κ1) is 18.7. The van der Waals surface area contributed by atoms with Crippen LogP contribution in [0.15, 0.2) is 54.6 Å². The maximum absolute atomic E-state index is 6.10. The molecule has 0 saturated carbocycles. The van der Waals surface area contributed by atoms with E-state index in [9.17, 15) is 0 Å². The van der Waals surface area contributed by atoms with E-state index < -0.39 is 0 Å². The van der Waals surface area contributed by atoms with E-state index in [2.05, 4.69) is 55.6 Å². The molecule has 26 heavy (non-hydrogen) atoms. The van der Waals surface area contributed by atoms with Crippen molar-refractivity contribution in [1.82, 2.24) is 9.78 Å². The summed E-state index contributed by atoms with van der Waals surface area (Å²) in [5.74, 6) is 0.766. The lowest BCUT2D eigenvalue weighted by molar-refractivity contribution is -0.892. The summed E-state index contributed by atoms with van der Waals surface area (Å²) in [4.78, 5) is 1.64. The third kappa shape index (κ3) is 4.02. The Kier molecular flexibility index (Phi) is 6.17. The number of para-hydroxylation sites is 1. The van der Waals surface area contributed by atoms with Crippen LogP contribution in [0.25, 0.3) is 10.9 Å². The van der Waals surface area contributed by atoms with E-state index >= 15 is 0 Å². The van der Waals surface area contributed by atoms with Crippen molar-refractivity contribution in [3.8, 4) is 5.88 Å². The molecule has 0 bridgehead atoms. The largest absolute Gasteiger partial charge is 1.00 e. The molecule has 1 aliphatic rings. The molecule has 2 atom stereocenters. The van der Waals surface area contributed by atoms with Gasteiger partial charge in [-0.25, -0.2) is 0 Å². The monoisotopic (exact) mass is 371 g/mol. The van der Waals surface area contributed by atoms with Crippen molar-refractivity contribution in [2.45, 2.75) is 31.8 Å². The molecule has 0 spiro atoms. The first-order chi connectivity index (χ1) is 12.3. The predicted octanol–water partition coefficient (Wildman–Crippen LogP) is -0.465. The number of ether oxygens (including phenoxy) is 1. The highest BCUT2D eigenvalue weighted by molar-refractivity contribution is 5.84. The van der Waals surface area contributed by atoms with Crippen molar-refractivity contribution in [1.29, 1.82) is 0 Å². The SMILES string of the molecule is C[NH+]1CCCC1CCOc1nn(Cc2ccccc2)c2ccccc12.[Cl-]. The average Bonchev–Trinajstić information content (AvgIpc) is 3.21. The number of benzene rings is 2. The second-order valence-electron chi connectivity index (χ2n) is 7.04. The van der Waals surface area contributed by atoms with Gasteiger partial charge in [-0.05, 0) is 17.7 Å². The molecule has 4 nitrogen and oxygen atoms in total. The number of aromatic nitrogens is 2. The fourth-order valence-electron chi connectivity index (χ4n) is 3.85. The van der Waals surface area contributed by atoms with Gasteiger partial charge < -0.3 is 22.0 Å². The summed E-state index contributed by atoms with van der Waals surface area (Å²) in [6, 6.07) is 19.5. The Bertz CT molecular complexity index is 834. The summed E-state index contributed by atoms with van der Waals surface area (Å²) in [5.41, 5.74) is 2.38. The van der Waals surface area contributed by atoms with Crippen LogP contribution >= 0.6 is 0 Å². The molecule has 1 aliphatic heterocycles. The minimum atomic E-state index is 0. The van der Waals surface area contributed by atoms with Crippen molar-refractivity contribution in [3.63, 3.8) is 0 Å². The smallest absolute Gasteiger partial charge is 0.240 e. The number of halogens is 1. The highest BCUT2D eigenvalue weighted by Gasteiger charge is 2.24. The number of quaternary nitrogens is 1. The number of fused-ring (bicyclic) bond motifs is 1. The van der Waals surface area contributed by atoms with Crippen LogP contribution in [0.4, 0.5) is 0 Å². The summed E-state index contributed by atoms with van der Waals surface area (Å²) in [6.07, 6.45) is 3.76. The molecule has 5 heteroatoms. The van der Waals surface area contributed by atoms with Gasteiger partial charge in [-0.15, -0.1) is 5.10 Å². The Morgan fingerprint density at radius 2 is 1.88 bits per heavy atom. The number of nitrogens with zero attached hydrogens (tertiary/aromatic N) is 2. The van der Waals surface area contributed by atoms with Gasteiger partial charge in [0.1, 0.15) is 0 Å². The van der Waals surface area contributed by atoms with E-state index in [-0.39, 0.29) is 12.4 Å². The van der Waals surface area contributed by atoms with Gasteiger partial charge in [0, 0.05) is 19.3 Å². The molecule has 1 fully saturated rings. The van der Waals surface area contributed by atoms with Crippen molar-refractivity contribution in [3.05, 3.63) is 60.2 Å². The van der Waals surface area contributed by atoms with Crippen molar-refractivity contribution in [2.75, 3.05) is 20.2 Å². The first-order valence-electron chi connectivity index (χ1n) is 9.26. The fourth-order valence-corrected chi connectivity index (χ4v) is 3.85. The molecule has 0 amide bonds. The molecule has 2 aromatic carbocycles. The van der Waals surface area contributed by atoms with Crippen molar-refractivity contribution in [2.24, 2.45) is 0 Å². The maximum atomic E-state index is 6.10. The van der Waals surface area contributed by atoms with E-state index in [1.165, 1.54) is 24.9 Å². The lowest BCUT2D eigenvalue weighted by Crippen LogP contribution is -3.10. The Balaban J connectivity index is 0.00000196. The third-order valence-electron chi connectivity index (χ3n) is 5.32. The van der Waals surface area contributed by atoms with Gasteiger partial charge in [0.15, 0.2) is 0 Å². The molecule has 2 heterocycles. The Labute approximate surface area is 161 Å². The summed E-state index contributed by atoms with van der Waals surface area (Å²) in [6.45, 7) is 2.80. The second-order valence-corrected chi connectivity index (χ2v) is 7.04. The number of hydrogen-bond donors (Lipinski definition) is 1. The Morgan fingerprint density at radius 1 is 1.12 bits per heavy atom. The fraction of sp³-hybridized carbons (Fsp3) is 0.381. The molecule has 138 valence electrons. The van der Waals surface area contributed by atoms with Crippen LogP contribution in [0, 0.1) is 0 Å². The number of rotatable bonds is 6. The minimum Gasteiger partial charge on any atom is -1.00 e. The summed E-state index contributed by atoms with van der Waals surface area (Å²) < 4.78 is 8.15. The topological polar surface area (TPSA) is 31.5 Å². The number of likely N-dealkylation sites (tertiary alicyclic amines) is 1. The lowest BCUT2D eigenvalue weighted by Gasteiger charge is -2.16. The Hall–Kier alpha value is -2.04. The van der Waals surface area contributed by atoms with Crippen LogP contribution in [0.1, 0.15) is 24.8 Å². The first-order valence-corrected chi connectivity index (χ1v) is 9.26. The molecule has 0 aliphatic carbocycles. The lowest BCUT2D eigenvalue weighted by atomic mass is 10.1. The van der Waals surface area contributed by atoms with Crippen LogP contribution < -0.4 is 22.0 Å². The highest BCUT2D eigenvalue weighted by atomic mass is 35.5. The molecular formula is C21H26ClN3O. The van der Waals surface area contributed by atoms with E-state index in [4.69, 9.17) is 9.84 Å². The van der Waals surface area contributed by atoms with E-state index in [1.807, 2.05) is 10.7 Å². The predicted molar refractivity (Wildman–Crippen MR) is 100 cm³/mol. The number of nitrogens with one attached hydrogen (secondary N) is 1. The molecule has 0 radical (unpaired) electrons. The summed E-state index contributed by atoms with van der Waals surface area (Å²) in [7, 11) is 2.29. The van der Waals surface area contributed by atoms with Gasteiger partial charge in [0.05, 0.1) is 43.7 Å². The molecule has 2 unspecified atom stereocenters. The van der Waals surface area contributed by atoms with Gasteiger partial charge >= 0.3 is 0 Å². The normalized spacial score (nSPS) is 19.4. The van der Waals surface area contributed by atoms with Gasteiger partial charge in [-0.3, -0.25) is 4.68 Å². The number of hydrogen-bond acceptors (Lipinski definition) is 2. The summed E-state index contributed by atoms with van der Waals surface area (Å²) in [5, 5.41) is 5.86. The standard InChI is InChI=1S/C21H25N3O.ClH/c1-23-14-7-10-18(23)13-15-25-21-19-11-5-6-12-20(19)24(22-21)16-17-8-3-2-4-9-17;/h2-6,8-9,11-12,18H,7,10,13-16H2,1H3;1H. The van der Waals surface area contributed by atoms with Gasteiger partial charge in [-0.1, -0.05) is 42.5 Å². The maximum Gasteiger partial charge on any atom is 0.240 e. The van der Waals surface area contributed by atoms with Gasteiger partial charge in [0.2, 0.25) is 5.88 Å². The zero-order valence-corrected chi connectivity index (χ0v) is 16.0. The highest BCUT2D eigenvalue weighted by Crippen LogP contribution is 2.25.